The van der Waals surface area contributed by atoms with Gasteiger partial charge in [0.2, 0.25) is 0 Å². The number of carbonyl (C=O) groups excluding carboxylic acids is 1. The Bertz CT molecular complexity index is 552. The second-order valence-electron chi connectivity index (χ2n) is 5.45. The van der Waals surface area contributed by atoms with Crippen molar-refractivity contribution in [2.45, 2.75) is 44.1 Å². The first-order valence-electron chi connectivity index (χ1n) is 7.06. The van der Waals surface area contributed by atoms with Crippen LogP contribution in [0.4, 0.5) is 10.1 Å². The monoisotopic (exact) mass is 294 g/mol. The third kappa shape index (κ3) is 3.15. The maximum Gasteiger partial charge on any atom is 0.329 e. The van der Waals surface area contributed by atoms with Crippen LogP contribution in [0.2, 0.25) is 0 Å². The summed E-state index contributed by atoms with van der Waals surface area (Å²) in [5, 5.41) is 12.5. The van der Waals surface area contributed by atoms with E-state index in [0.717, 1.165) is 31.7 Å². The molecule has 1 aliphatic carbocycles. The van der Waals surface area contributed by atoms with Crippen molar-refractivity contribution in [1.82, 2.24) is 0 Å². The maximum absolute atomic E-state index is 13.8. The Balaban J connectivity index is 2.40. The molecule has 0 spiro atoms. The normalized spacial score (nSPS) is 17.8. The van der Waals surface area contributed by atoms with Gasteiger partial charge < -0.3 is 16.2 Å². The second kappa shape index (κ2) is 6.11. The zero-order valence-corrected chi connectivity index (χ0v) is 11.7. The van der Waals surface area contributed by atoms with Gasteiger partial charge in [-0.05, 0) is 25.0 Å². The number of halogens is 1. The molecule has 21 heavy (non-hydrogen) atoms. The molecule has 114 valence electrons. The number of hydrogen-bond donors (Lipinski definition) is 3. The van der Waals surface area contributed by atoms with E-state index in [1.807, 2.05) is 0 Å². The standard InChI is InChI=1S/C15H19FN2O3/c16-10-6-5-7-11(12(10)13(17)19)18-15(14(20)21)8-3-1-2-4-9-15/h5-7,18H,1-4,8-9H2,(H2,17,19)(H,20,21). The quantitative estimate of drug-likeness (QED) is 0.744. The van der Waals surface area contributed by atoms with E-state index in [1.165, 1.54) is 12.1 Å². The predicted molar refractivity (Wildman–Crippen MR) is 76.6 cm³/mol. The molecule has 0 unspecified atom stereocenters. The number of carboxylic acid groups (broad SMARTS) is 1. The van der Waals surface area contributed by atoms with Crippen molar-refractivity contribution in [3.05, 3.63) is 29.6 Å². The van der Waals surface area contributed by atoms with E-state index in [-0.39, 0.29) is 11.3 Å². The lowest BCUT2D eigenvalue weighted by molar-refractivity contribution is -0.142. The number of anilines is 1. The van der Waals surface area contributed by atoms with Crippen LogP contribution in [0, 0.1) is 5.82 Å². The summed E-state index contributed by atoms with van der Waals surface area (Å²) < 4.78 is 13.8. The molecule has 4 N–H and O–H groups in total. The van der Waals surface area contributed by atoms with Crippen molar-refractivity contribution in [3.8, 4) is 0 Å². The van der Waals surface area contributed by atoms with E-state index >= 15 is 0 Å². The highest BCUT2D eigenvalue weighted by molar-refractivity contribution is 5.99. The lowest BCUT2D eigenvalue weighted by atomic mass is 9.89. The molecular formula is C15H19FN2O3. The summed E-state index contributed by atoms with van der Waals surface area (Å²) in [5.74, 6) is -2.64. The number of benzene rings is 1. The molecule has 0 bridgehead atoms. The van der Waals surface area contributed by atoms with E-state index in [4.69, 9.17) is 5.73 Å². The number of amides is 1. The zero-order chi connectivity index (χ0) is 15.5. The molecule has 6 heteroatoms. The number of hydrogen-bond acceptors (Lipinski definition) is 3. The zero-order valence-electron chi connectivity index (χ0n) is 11.7. The molecule has 0 saturated heterocycles. The van der Waals surface area contributed by atoms with Gasteiger partial charge in [0.05, 0.1) is 11.3 Å². The topological polar surface area (TPSA) is 92.4 Å². The lowest BCUT2D eigenvalue weighted by Gasteiger charge is -2.31. The van der Waals surface area contributed by atoms with Crippen LogP contribution in [0.1, 0.15) is 48.9 Å². The molecule has 0 radical (unpaired) electrons. The minimum absolute atomic E-state index is 0.145. The van der Waals surface area contributed by atoms with Gasteiger partial charge in [0.15, 0.2) is 0 Å². The van der Waals surface area contributed by atoms with Crippen LogP contribution in [0.5, 0.6) is 0 Å². The fourth-order valence-corrected chi connectivity index (χ4v) is 2.86. The molecule has 1 amide bonds. The first kappa shape index (κ1) is 15.3. The molecule has 1 aromatic carbocycles. The van der Waals surface area contributed by atoms with Gasteiger partial charge in [0.25, 0.3) is 5.91 Å². The van der Waals surface area contributed by atoms with Crippen molar-refractivity contribution in [2.24, 2.45) is 5.73 Å². The molecular weight excluding hydrogens is 275 g/mol. The first-order chi connectivity index (χ1) is 9.96. The Hall–Kier alpha value is -2.11. The third-order valence-electron chi connectivity index (χ3n) is 4.00. The van der Waals surface area contributed by atoms with E-state index in [2.05, 4.69) is 5.32 Å². The molecule has 0 heterocycles. The Morgan fingerprint density at radius 2 is 1.81 bits per heavy atom. The number of aliphatic carboxylic acids is 1. The van der Waals surface area contributed by atoms with Crippen molar-refractivity contribution in [2.75, 3.05) is 5.32 Å². The molecule has 1 aromatic rings. The highest BCUT2D eigenvalue weighted by atomic mass is 19.1. The summed E-state index contributed by atoms with van der Waals surface area (Å²) in [4.78, 5) is 23.1. The van der Waals surface area contributed by atoms with Crippen molar-refractivity contribution in [3.63, 3.8) is 0 Å². The molecule has 5 nitrogen and oxygen atoms in total. The SMILES string of the molecule is NC(=O)c1c(F)cccc1NC1(C(=O)O)CCCCCC1. The molecule has 1 saturated carbocycles. The molecule has 0 atom stereocenters. The Kier molecular flexibility index (Phi) is 4.45. The Morgan fingerprint density at radius 3 is 2.33 bits per heavy atom. The van der Waals surface area contributed by atoms with Gasteiger partial charge in [-0.1, -0.05) is 31.7 Å². The van der Waals surface area contributed by atoms with Gasteiger partial charge in [0, 0.05) is 0 Å². The molecule has 0 aliphatic heterocycles. The number of rotatable bonds is 4. The fraction of sp³-hybridized carbons (Fsp3) is 0.467. The molecule has 1 fully saturated rings. The summed E-state index contributed by atoms with van der Waals surface area (Å²) in [6, 6.07) is 4.04. The smallest absolute Gasteiger partial charge is 0.329 e. The summed E-state index contributed by atoms with van der Waals surface area (Å²) in [5.41, 5.74) is 3.89. The molecule has 1 aliphatic rings. The highest BCUT2D eigenvalue weighted by Crippen LogP contribution is 2.32. The Labute approximate surface area is 122 Å². The number of nitrogens with two attached hydrogens (primary N) is 1. The minimum atomic E-state index is -1.17. The number of carbonyl (C=O) groups is 2. The van der Waals surface area contributed by atoms with Crippen molar-refractivity contribution < 1.29 is 19.1 Å². The van der Waals surface area contributed by atoms with E-state index in [0.29, 0.717) is 12.8 Å². The van der Waals surface area contributed by atoms with Crippen LogP contribution >= 0.6 is 0 Å². The van der Waals surface area contributed by atoms with Gasteiger partial charge in [-0.15, -0.1) is 0 Å². The van der Waals surface area contributed by atoms with E-state index in [9.17, 15) is 19.1 Å². The Morgan fingerprint density at radius 1 is 1.19 bits per heavy atom. The number of carboxylic acids is 1. The summed E-state index contributed by atoms with van der Waals surface area (Å²) in [6.45, 7) is 0. The van der Waals surface area contributed by atoms with Crippen LogP contribution in [0.25, 0.3) is 0 Å². The third-order valence-corrected chi connectivity index (χ3v) is 4.00. The van der Waals surface area contributed by atoms with E-state index < -0.39 is 23.2 Å². The van der Waals surface area contributed by atoms with Crippen LogP contribution < -0.4 is 11.1 Å². The average Bonchev–Trinajstić information content (AvgIpc) is 2.65. The fourth-order valence-electron chi connectivity index (χ4n) is 2.86. The van der Waals surface area contributed by atoms with Gasteiger partial charge in [-0.3, -0.25) is 4.79 Å². The first-order valence-corrected chi connectivity index (χ1v) is 7.06. The summed E-state index contributed by atoms with van der Waals surface area (Å²) in [6.07, 6.45) is 4.39. The van der Waals surface area contributed by atoms with Crippen molar-refractivity contribution >= 4 is 17.6 Å². The lowest BCUT2D eigenvalue weighted by Crippen LogP contribution is -2.46. The van der Waals surface area contributed by atoms with Crippen LogP contribution in [0.15, 0.2) is 18.2 Å². The molecule has 2 rings (SSSR count). The highest BCUT2D eigenvalue weighted by Gasteiger charge is 2.39. The number of primary amides is 1. The second-order valence-corrected chi connectivity index (χ2v) is 5.45. The molecule has 0 aromatic heterocycles. The van der Waals surface area contributed by atoms with Crippen LogP contribution in [-0.4, -0.2) is 22.5 Å². The summed E-state index contributed by atoms with van der Waals surface area (Å²) >= 11 is 0. The van der Waals surface area contributed by atoms with Crippen LogP contribution in [-0.2, 0) is 4.79 Å². The maximum atomic E-state index is 13.8. The van der Waals surface area contributed by atoms with Gasteiger partial charge in [0.1, 0.15) is 11.4 Å². The average molecular weight is 294 g/mol. The van der Waals surface area contributed by atoms with Crippen LogP contribution in [0.3, 0.4) is 0 Å². The van der Waals surface area contributed by atoms with E-state index in [1.54, 1.807) is 0 Å². The summed E-state index contributed by atoms with van der Waals surface area (Å²) in [7, 11) is 0. The minimum Gasteiger partial charge on any atom is -0.480 e. The predicted octanol–water partition coefficient (Wildman–Crippen LogP) is 2.51. The number of nitrogens with one attached hydrogen (secondary N) is 1. The largest absolute Gasteiger partial charge is 0.480 e. The van der Waals surface area contributed by atoms with Crippen molar-refractivity contribution in [1.29, 1.82) is 0 Å². The van der Waals surface area contributed by atoms with Gasteiger partial charge >= 0.3 is 5.97 Å². The van der Waals surface area contributed by atoms with Gasteiger partial charge in [-0.2, -0.15) is 0 Å². The van der Waals surface area contributed by atoms with Gasteiger partial charge in [-0.25, -0.2) is 9.18 Å².